The highest BCUT2D eigenvalue weighted by Crippen LogP contribution is 2.18. The Kier molecular flexibility index (Phi) is 3.60. The van der Waals surface area contributed by atoms with Gasteiger partial charge in [-0.1, -0.05) is 28.1 Å². The van der Waals surface area contributed by atoms with Crippen LogP contribution in [0.1, 0.15) is 18.4 Å². The van der Waals surface area contributed by atoms with Crippen LogP contribution in [0.3, 0.4) is 0 Å². The summed E-state index contributed by atoms with van der Waals surface area (Å²) in [6.07, 6.45) is 3.94. The lowest BCUT2D eigenvalue weighted by Crippen LogP contribution is -2.30. The van der Waals surface area contributed by atoms with Crippen LogP contribution in [0.5, 0.6) is 0 Å². The molecule has 1 fully saturated rings. The fraction of sp³-hybridized carbons (Fsp3) is 0.500. The van der Waals surface area contributed by atoms with E-state index in [1.807, 2.05) is 0 Å². The molecule has 1 aromatic rings. The van der Waals surface area contributed by atoms with E-state index < -0.39 is 0 Å². The molecule has 0 bridgehead atoms. The molecule has 1 N–H and O–H groups in total. The minimum Gasteiger partial charge on any atom is -0.316 e. The second kappa shape index (κ2) is 4.94. The fourth-order valence-electron chi connectivity index (χ4n) is 2.05. The van der Waals surface area contributed by atoms with Crippen molar-refractivity contribution in [2.45, 2.75) is 19.3 Å². The summed E-state index contributed by atoms with van der Waals surface area (Å²) < 4.78 is 1.17. The Morgan fingerprint density at radius 1 is 1.29 bits per heavy atom. The van der Waals surface area contributed by atoms with Crippen LogP contribution in [0, 0.1) is 5.92 Å². The summed E-state index contributed by atoms with van der Waals surface area (Å²) >= 11 is 3.46. The zero-order valence-electron chi connectivity index (χ0n) is 8.30. The van der Waals surface area contributed by atoms with Gasteiger partial charge in [-0.05, 0) is 56.0 Å². The van der Waals surface area contributed by atoms with E-state index in [1.54, 1.807) is 0 Å². The van der Waals surface area contributed by atoms with Gasteiger partial charge in [0.25, 0.3) is 0 Å². The Bertz CT molecular complexity index is 275. The third kappa shape index (κ3) is 2.82. The predicted octanol–water partition coefficient (Wildman–Crippen LogP) is 2.99. The predicted molar refractivity (Wildman–Crippen MR) is 63.4 cm³/mol. The summed E-state index contributed by atoms with van der Waals surface area (Å²) in [6.45, 7) is 2.40. The van der Waals surface area contributed by atoms with E-state index in [2.05, 4.69) is 45.5 Å². The van der Waals surface area contributed by atoms with Gasteiger partial charge in [-0.25, -0.2) is 0 Å². The molecule has 2 heteroatoms. The van der Waals surface area contributed by atoms with Crippen molar-refractivity contribution in [3.8, 4) is 0 Å². The normalized spacial score (nSPS) is 22.2. The highest BCUT2D eigenvalue weighted by atomic mass is 79.9. The fourth-order valence-corrected chi connectivity index (χ4v) is 2.32. The topological polar surface area (TPSA) is 12.0 Å². The number of benzene rings is 1. The molecule has 14 heavy (non-hydrogen) atoms. The molecule has 1 saturated heterocycles. The average Bonchev–Trinajstić information content (AvgIpc) is 2.23. The summed E-state index contributed by atoms with van der Waals surface area (Å²) in [7, 11) is 0. The third-order valence-electron chi connectivity index (χ3n) is 2.84. The summed E-state index contributed by atoms with van der Waals surface area (Å²) in [5.74, 6) is 0.838. The zero-order valence-corrected chi connectivity index (χ0v) is 9.89. The van der Waals surface area contributed by atoms with Crippen molar-refractivity contribution in [2.75, 3.05) is 13.1 Å². The van der Waals surface area contributed by atoms with Gasteiger partial charge in [0.15, 0.2) is 0 Å². The van der Waals surface area contributed by atoms with Crippen LogP contribution in [0.15, 0.2) is 28.7 Å². The molecule has 1 aliphatic rings. The molecule has 76 valence electrons. The molecule has 2 rings (SSSR count). The van der Waals surface area contributed by atoms with Gasteiger partial charge in [0, 0.05) is 4.47 Å². The lowest BCUT2D eigenvalue weighted by Gasteiger charge is -2.22. The Balaban J connectivity index is 1.92. The quantitative estimate of drug-likeness (QED) is 0.855. The summed E-state index contributed by atoms with van der Waals surface area (Å²) in [6, 6.07) is 8.70. The molecule has 0 saturated carbocycles. The van der Waals surface area contributed by atoms with E-state index in [0.717, 1.165) is 5.92 Å². The van der Waals surface area contributed by atoms with Crippen LogP contribution in [0.4, 0.5) is 0 Å². The van der Waals surface area contributed by atoms with Crippen LogP contribution in [0.25, 0.3) is 0 Å². The highest BCUT2D eigenvalue weighted by molar-refractivity contribution is 9.10. The van der Waals surface area contributed by atoms with Crippen LogP contribution in [0.2, 0.25) is 0 Å². The maximum Gasteiger partial charge on any atom is 0.0175 e. The molecular formula is C12H16BrN. The highest BCUT2D eigenvalue weighted by Gasteiger charge is 2.12. The molecule has 0 radical (unpaired) electrons. The van der Waals surface area contributed by atoms with Crippen molar-refractivity contribution in [1.82, 2.24) is 5.32 Å². The number of nitrogens with one attached hydrogen (secondary N) is 1. The molecule has 0 unspecified atom stereocenters. The monoisotopic (exact) mass is 253 g/mol. The Morgan fingerprint density at radius 3 is 2.71 bits per heavy atom. The second-order valence-electron chi connectivity index (χ2n) is 4.04. The van der Waals surface area contributed by atoms with E-state index in [9.17, 15) is 0 Å². The first-order valence-electron chi connectivity index (χ1n) is 5.30. The van der Waals surface area contributed by atoms with E-state index >= 15 is 0 Å². The summed E-state index contributed by atoms with van der Waals surface area (Å²) in [4.78, 5) is 0. The van der Waals surface area contributed by atoms with Crippen molar-refractivity contribution in [3.05, 3.63) is 34.3 Å². The van der Waals surface area contributed by atoms with Gasteiger partial charge in [0.2, 0.25) is 0 Å². The summed E-state index contributed by atoms with van der Waals surface area (Å²) in [5.41, 5.74) is 1.46. The standard InChI is InChI=1S/C12H16BrN/c13-12-5-3-10(4-6-12)8-11-2-1-7-14-9-11/h3-6,11,14H,1-2,7-9H2/t11-/m1/s1. The van der Waals surface area contributed by atoms with Gasteiger partial charge >= 0.3 is 0 Å². The lowest BCUT2D eigenvalue weighted by atomic mass is 9.92. The molecule has 0 aliphatic carbocycles. The Hall–Kier alpha value is -0.340. The van der Waals surface area contributed by atoms with Gasteiger partial charge in [0.1, 0.15) is 0 Å². The maximum absolute atomic E-state index is 3.46. The molecular weight excluding hydrogens is 238 g/mol. The number of piperidine rings is 1. The van der Waals surface area contributed by atoms with Crippen molar-refractivity contribution in [1.29, 1.82) is 0 Å². The molecule has 1 nitrogen and oxygen atoms in total. The SMILES string of the molecule is Brc1ccc(C[C@H]2CCCNC2)cc1. The van der Waals surface area contributed by atoms with E-state index in [-0.39, 0.29) is 0 Å². The number of hydrogen-bond acceptors (Lipinski definition) is 1. The van der Waals surface area contributed by atoms with Gasteiger partial charge in [0.05, 0.1) is 0 Å². The number of rotatable bonds is 2. The van der Waals surface area contributed by atoms with E-state index in [1.165, 1.54) is 42.4 Å². The first kappa shape index (κ1) is 10.2. The average molecular weight is 254 g/mol. The van der Waals surface area contributed by atoms with Crippen molar-refractivity contribution < 1.29 is 0 Å². The smallest absolute Gasteiger partial charge is 0.0175 e. The van der Waals surface area contributed by atoms with Crippen LogP contribution in [-0.2, 0) is 6.42 Å². The molecule has 0 aromatic heterocycles. The molecule has 0 spiro atoms. The van der Waals surface area contributed by atoms with Crippen molar-refractivity contribution in [3.63, 3.8) is 0 Å². The van der Waals surface area contributed by atoms with E-state index in [4.69, 9.17) is 0 Å². The van der Waals surface area contributed by atoms with Gasteiger partial charge < -0.3 is 5.32 Å². The van der Waals surface area contributed by atoms with Crippen LogP contribution in [-0.4, -0.2) is 13.1 Å². The Labute approximate surface area is 94.0 Å². The van der Waals surface area contributed by atoms with Gasteiger partial charge in [-0.3, -0.25) is 0 Å². The second-order valence-corrected chi connectivity index (χ2v) is 4.96. The number of hydrogen-bond donors (Lipinski definition) is 1. The van der Waals surface area contributed by atoms with Gasteiger partial charge in [-0.2, -0.15) is 0 Å². The molecule has 1 heterocycles. The zero-order chi connectivity index (χ0) is 9.80. The first-order valence-corrected chi connectivity index (χ1v) is 6.09. The van der Waals surface area contributed by atoms with Crippen LogP contribution < -0.4 is 5.32 Å². The van der Waals surface area contributed by atoms with Crippen LogP contribution >= 0.6 is 15.9 Å². The molecule has 1 atom stereocenters. The minimum absolute atomic E-state index is 0.838. The Morgan fingerprint density at radius 2 is 2.07 bits per heavy atom. The van der Waals surface area contributed by atoms with E-state index in [0.29, 0.717) is 0 Å². The first-order chi connectivity index (χ1) is 6.84. The summed E-state index contributed by atoms with van der Waals surface area (Å²) in [5, 5.41) is 3.46. The third-order valence-corrected chi connectivity index (χ3v) is 3.37. The van der Waals surface area contributed by atoms with Crippen molar-refractivity contribution in [2.24, 2.45) is 5.92 Å². The molecule has 0 amide bonds. The molecule has 1 aromatic carbocycles. The lowest BCUT2D eigenvalue weighted by molar-refractivity contribution is 0.376. The largest absolute Gasteiger partial charge is 0.316 e. The maximum atomic E-state index is 3.46. The minimum atomic E-state index is 0.838. The molecule has 1 aliphatic heterocycles. The number of halogens is 1. The van der Waals surface area contributed by atoms with Crippen molar-refractivity contribution >= 4 is 15.9 Å². The van der Waals surface area contributed by atoms with Gasteiger partial charge in [-0.15, -0.1) is 0 Å².